The molecule has 0 aliphatic carbocycles. The van der Waals surface area contributed by atoms with Crippen molar-refractivity contribution in [1.82, 2.24) is 0 Å². The van der Waals surface area contributed by atoms with Crippen LogP contribution < -0.4 is 0 Å². The molecule has 0 N–H and O–H groups in total. The van der Waals surface area contributed by atoms with Crippen LogP contribution in [0, 0.1) is 6.07 Å². The van der Waals surface area contributed by atoms with Gasteiger partial charge < -0.3 is 0 Å². The van der Waals surface area contributed by atoms with Gasteiger partial charge in [-0.1, -0.05) is 48.9 Å². The highest BCUT2D eigenvalue weighted by Crippen LogP contribution is 2.18. The maximum atomic E-state index is 6.11. The molecule has 0 spiro atoms. The maximum absolute atomic E-state index is 6.11. The van der Waals surface area contributed by atoms with Gasteiger partial charge in [0.15, 0.2) is 0 Å². The summed E-state index contributed by atoms with van der Waals surface area (Å²) in [5.41, 5.74) is 3.79. The predicted octanol–water partition coefficient (Wildman–Crippen LogP) is 5.60. The van der Waals surface area contributed by atoms with Crippen LogP contribution in [0.1, 0.15) is 23.6 Å². The molecule has 0 atom stereocenters. The second kappa shape index (κ2) is 10.2. The number of hydrogen-bond donors (Lipinski definition) is 0. The number of benzene rings is 2. The summed E-state index contributed by atoms with van der Waals surface area (Å²) in [5, 5.41) is 0.818. The van der Waals surface area contributed by atoms with Gasteiger partial charge in [-0.3, -0.25) is 25.8 Å². The average Bonchev–Trinajstić information content (AvgIpc) is 2.43. The van der Waals surface area contributed by atoms with E-state index >= 15 is 0 Å². The molecule has 0 aliphatic rings. The van der Waals surface area contributed by atoms with E-state index in [0.29, 0.717) is 0 Å². The summed E-state index contributed by atoms with van der Waals surface area (Å²) in [4.78, 5) is 0. The molecule has 97 valence electrons. The molecule has 0 amide bonds. The molecule has 2 aromatic carbocycles. The van der Waals surface area contributed by atoms with Crippen molar-refractivity contribution in [3.8, 4) is 0 Å². The molecule has 0 unspecified atom stereocenters. The van der Waals surface area contributed by atoms with Crippen molar-refractivity contribution in [3.05, 3.63) is 70.2 Å². The van der Waals surface area contributed by atoms with Gasteiger partial charge in [0.1, 0.15) is 0 Å². The smallest absolute Gasteiger partial charge is 0.280 e. The van der Waals surface area contributed by atoms with Gasteiger partial charge in [-0.05, 0) is 47.7 Å². The molecule has 0 saturated carbocycles. The van der Waals surface area contributed by atoms with Gasteiger partial charge in [0, 0.05) is 5.02 Å². The first-order valence-corrected chi connectivity index (χ1v) is 14.2. The standard InChI is InChI=1S/C15H14Cl.2BrH.Mg/c1-2-12-7-9-13(10-8-12)11-14-5-3-4-6-15(14)16;;;/h4-10H,2,11H2,1H3;2*1H;/q;;;+2/p-2. The fraction of sp³-hybridized carbons (Fsp3) is 0.200. The van der Waals surface area contributed by atoms with E-state index in [1.807, 2.05) is 18.2 Å². The van der Waals surface area contributed by atoms with Crippen LogP contribution in [0.4, 0.5) is 0 Å². The second-order valence-corrected chi connectivity index (χ2v) is 12.5. The molecule has 2 aromatic rings. The van der Waals surface area contributed by atoms with Gasteiger partial charge in [0.05, 0.1) is 0 Å². The summed E-state index contributed by atoms with van der Waals surface area (Å²) >= 11 is 12.6. The highest BCUT2D eigenvalue weighted by atomic mass is 79.9. The summed E-state index contributed by atoms with van der Waals surface area (Å²) in [6.45, 7) is 2.16. The van der Waals surface area contributed by atoms with Gasteiger partial charge in [-0.2, -0.15) is 0 Å². The number of halogens is 3. The third-order valence-electron chi connectivity index (χ3n) is 2.72. The fourth-order valence-corrected chi connectivity index (χ4v) is 1.88. The average molecular weight is 414 g/mol. The van der Waals surface area contributed by atoms with Crippen LogP contribution in [-0.2, 0) is 12.8 Å². The SMILES string of the molecule is CCc1ccc(Cc2c[c]ccc2Cl)cc1.[Br][Mg][Br]. The normalized spacial score (nSPS) is 9.26. The zero-order chi connectivity index (χ0) is 14.1. The molecule has 4 heteroatoms. The Morgan fingerprint density at radius 1 is 1.11 bits per heavy atom. The lowest BCUT2D eigenvalue weighted by Crippen LogP contribution is -1.90. The van der Waals surface area contributed by atoms with E-state index in [1.54, 1.807) is 0 Å². The Kier molecular flexibility index (Phi) is 9.42. The predicted molar refractivity (Wildman–Crippen MR) is 92.5 cm³/mol. The molecule has 19 heavy (non-hydrogen) atoms. The van der Waals surface area contributed by atoms with E-state index in [1.165, 1.54) is 11.1 Å². The number of rotatable bonds is 3. The summed E-state index contributed by atoms with van der Waals surface area (Å²) in [6, 6.07) is 17.4. The zero-order valence-corrected chi connectivity index (χ0v) is 16.1. The molecule has 1 radical (unpaired) electrons. The highest BCUT2D eigenvalue weighted by molar-refractivity contribution is 9.47. The third kappa shape index (κ3) is 6.63. The minimum Gasteiger partial charge on any atom is -0.280 e. The Bertz CT molecular complexity index is 486. The first-order chi connectivity index (χ1) is 9.21. The Morgan fingerprint density at radius 2 is 1.68 bits per heavy atom. The van der Waals surface area contributed by atoms with Crippen LogP contribution in [-0.4, -0.2) is 16.0 Å². The molecule has 0 aliphatic heterocycles. The summed E-state index contributed by atoms with van der Waals surface area (Å²) < 4.78 is 0. The maximum Gasteiger partial charge on any atom is 0.560 e. The Balaban J connectivity index is 0.000000550. The van der Waals surface area contributed by atoms with Crippen LogP contribution in [0.25, 0.3) is 0 Å². The van der Waals surface area contributed by atoms with Crippen LogP contribution in [0.5, 0.6) is 0 Å². The van der Waals surface area contributed by atoms with E-state index in [9.17, 15) is 0 Å². The second-order valence-electron chi connectivity index (χ2n) is 3.97. The van der Waals surface area contributed by atoms with Crippen molar-refractivity contribution in [2.24, 2.45) is 0 Å². The Hall–Kier alpha value is 0.456. The van der Waals surface area contributed by atoms with Gasteiger partial charge in [0.25, 0.3) is 0 Å². The topological polar surface area (TPSA) is 0 Å². The van der Waals surface area contributed by atoms with Crippen molar-refractivity contribution >= 4 is 53.4 Å². The summed E-state index contributed by atoms with van der Waals surface area (Å²) in [5.74, 6) is 0. The monoisotopic (exact) mass is 411 g/mol. The lowest BCUT2D eigenvalue weighted by molar-refractivity contribution is 1.12. The van der Waals surface area contributed by atoms with Crippen LogP contribution in [0.2, 0.25) is 5.02 Å². The molecule has 0 nitrogen and oxygen atoms in total. The van der Waals surface area contributed by atoms with E-state index in [2.05, 4.69) is 63.0 Å². The third-order valence-corrected chi connectivity index (χ3v) is 3.08. The molecule has 0 saturated heterocycles. The van der Waals surface area contributed by atoms with Crippen LogP contribution >= 0.6 is 37.4 Å². The minimum atomic E-state index is 0.0417. The number of aryl methyl sites for hydroxylation is 1. The Labute approximate surface area is 142 Å². The molecule has 0 bridgehead atoms. The quantitative estimate of drug-likeness (QED) is 0.574. The summed E-state index contributed by atoms with van der Waals surface area (Å²) in [7, 11) is 0. The van der Waals surface area contributed by atoms with Crippen LogP contribution in [0.3, 0.4) is 0 Å². The fourth-order valence-electron chi connectivity index (χ4n) is 1.69. The lowest BCUT2D eigenvalue weighted by Gasteiger charge is -2.05. The van der Waals surface area contributed by atoms with Crippen molar-refractivity contribution in [2.75, 3.05) is 0 Å². The van der Waals surface area contributed by atoms with E-state index in [4.69, 9.17) is 11.6 Å². The summed E-state index contributed by atoms with van der Waals surface area (Å²) in [6.07, 6.45) is 1.96. The van der Waals surface area contributed by atoms with Gasteiger partial charge in [-0.15, -0.1) is 0 Å². The van der Waals surface area contributed by atoms with Gasteiger partial charge >= 0.3 is 16.0 Å². The van der Waals surface area contributed by atoms with Crippen molar-refractivity contribution in [1.29, 1.82) is 0 Å². The van der Waals surface area contributed by atoms with Crippen molar-refractivity contribution < 1.29 is 0 Å². The first kappa shape index (κ1) is 17.5. The lowest BCUT2D eigenvalue weighted by atomic mass is 10.0. The number of hydrogen-bond acceptors (Lipinski definition) is 0. The minimum absolute atomic E-state index is 0.0417. The molecule has 2 rings (SSSR count). The van der Waals surface area contributed by atoms with Crippen molar-refractivity contribution in [3.63, 3.8) is 0 Å². The van der Waals surface area contributed by atoms with Crippen LogP contribution in [0.15, 0.2) is 42.5 Å². The van der Waals surface area contributed by atoms with E-state index in [-0.39, 0.29) is 16.0 Å². The zero-order valence-electron chi connectivity index (χ0n) is 10.8. The first-order valence-electron chi connectivity index (χ1n) is 6.05. The van der Waals surface area contributed by atoms with Crippen molar-refractivity contribution in [2.45, 2.75) is 19.8 Å². The Morgan fingerprint density at radius 3 is 2.21 bits per heavy atom. The van der Waals surface area contributed by atoms with E-state index < -0.39 is 0 Å². The molecular formula is C15H14Br2ClMg. The largest absolute Gasteiger partial charge is 0.560 e. The van der Waals surface area contributed by atoms with Gasteiger partial charge in [0.2, 0.25) is 0 Å². The van der Waals surface area contributed by atoms with Gasteiger partial charge in [-0.25, -0.2) is 0 Å². The highest BCUT2D eigenvalue weighted by Gasteiger charge is 2.00. The molecule has 0 heterocycles. The molecule has 0 aromatic heterocycles. The molecule has 0 fully saturated rings. The molecular weight excluding hydrogens is 400 g/mol. The van der Waals surface area contributed by atoms with E-state index in [0.717, 1.165) is 23.4 Å².